The van der Waals surface area contributed by atoms with Crippen molar-refractivity contribution in [3.05, 3.63) is 82.8 Å². The highest BCUT2D eigenvalue weighted by Crippen LogP contribution is 2.60. The number of ether oxygens (including phenoxy) is 12. The van der Waals surface area contributed by atoms with E-state index in [4.69, 9.17) is 66.8 Å². The first-order chi connectivity index (χ1) is 38.5. The molecule has 24 heteroatoms. The van der Waals surface area contributed by atoms with E-state index in [0.717, 1.165) is 0 Å². The van der Waals surface area contributed by atoms with E-state index in [2.05, 4.69) is 137 Å². The molecule has 9 rings (SSSR count). The van der Waals surface area contributed by atoms with Crippen molar-refractivity contribution >= 4 is 174 Å². The third kappa shape index (κ3) is 9.53. The van der Waals surface area contributed by atoms with Gasteiger partial charge < -0.3 is 66.8 Å². The van der Waals surface area contributed by atoms with Crippen LogP contribution >= 0.6 is 127 Å². The zero-order valence-electron chi connectivity index (χ0n) is 44.4. The van der Waals surface area contributed by atoms with Crippen LogP contribution in [0.3, 0.4) is 0 Å². The maximum absolute atomic E-state index is 6.06. The molecule has 0 amide bonds. The van der Waals surface area contributed by atoms with Crippen molar-refractivity contribution in [3.63, 3.8) is 0 Å². The van der Waals surface area contributed by atoms with Gasteiger partial charge in [0.05, 0.1) is 144 Å². The number of nitrogens with zero attached hydrogens (tertiary/aromatic N) is 2. The van der Waals surface area contributed by atoms with Crippen molar-refractivity contribution in [1.29, 1.82) is 0 Å². The van der Waals surface area contributed by atoms with Gasteiger partial charge in [-0.15, -0.1) is 0 Å². The van der Waals surface area contributed by atoms with Crippen molar-refractivity contribution in [2.24, 2.45) is 0 Å². The monoisotopic (exact) mass is 1600 g/mol. The third-order valence-electron chi connectivity index (χ3n) is 13.2. The average Bonchev–Trinajstić information content (AvgIpc) is 4.32. The minimum atomic E-state index is 0.359. The number of aromatic nitrogens is 4. The smallest absolute Gasteiger partial charge is 0.205 e. The molecule has 7 aromatic rings. The van der Waals surface area contributed by atoms with Gasteiger partial charge in [-0.2, -0.15) is 0 Å². The second-order valence-corrected chi connectivity index (χ2v) is 23.3. The summed E-state index contributed by atoms with van der Waals surface area (Å²) in [5.74, 6) is 4.44. The topological polar surface area (TPSA) is 168 Å². The second-order valence-electron chi connectivity index (χ2n) is 16.9. The molecule has 2 N–H and O–H groups in total. The Morgan fingerprint density at radius 2 is 0.388 bits per heavy atom. The van der Waals surface area contributed by atoms with Crippen LogP contribution in [0.1, 0.15) is 22.8 Å². The lowest BCUT2D eigenvalue weighted by molar-refractivity contribution is 0.322. The largest absolute Gasteiger partial charge is 0.492 e. The molecule has 0 saturated carbocycles. The number of hydrogen-bond acceptors (Lipinski definition) is 14. The molecule has 16 nitrogen and oxygen atoms in total. The lowest BCUT2D eigenvalue weighted by Crippen LogP contribution is -2.01. The van der Waals surface area contributed by atoms with Gasteiger partial charge >= 0.3 is 0 Å². The van der Waals surface area contributed by atoms with E-state index in [1.807, 2.05) is 48.6 Å². The number of nitrogens with one attached hydrogen (secondary N) is 2. The Bertz CT molecular complexity index is 3340. The van der Waals surface area contributed by atoms with Crippen LogP contribution in [-0.4, -0.2) is 105 Å². The fraction of sp³-hybridized carbons (Fsp3) is 0.214. The molecule has 2 aliphatic heterocycles. The molecule has 4 aromatic carbocycles. The molecule has 0 saturated heterocycles. The van der Waals surface area contributed by atoms with Gasteiger partial charge in [-0.1, -0.05) is 0 Å². The first-order valence-electron chi connectivity index (χ1n) is 23.4. The van der Waals surface area contributed by atoms with Crippen molar-refractivity contribution in [2.45, 2.75) is 0 Å². The molecule has 0 aliphatic carbocycles. The van der Waals surface area contributed by atoms with Crippen LogP contribution in [-0.2, 0) is 0 Å². The van der Waals surface area contributed by atoms with E-state index in [1.54, 1.807) is 85.3 Å². The maximum Gasteiger partial charge on any atom is 0.205 e. The lowest BCUT2D eigenvalue weighted by Gasteiger charge is -2.20. The minimum absolute atomic E-state index is 0.359. The number of fused-ring (bicyclic) bond motifs is 8. The summed E-state index contributed by atoms with van der Waals surface area (Å²) in [6, 6.07) is 7.88. The summed E-state index contributed by atoms with van der Waals surface area (Å²) >= 11 is 31.5. The standard InChI is InChI=1S/C56H46Br8N4O12/c1-69-45-37(57)33(38(58)46(70-2)53(45)77-9)29-21-13-15-23(65-21)30(34-39(59)47(71-3)54(78-10)48(72-4)40(34)60)25-17-19-27(67-25)32(36-43(63)51(75-7)56(80-12)52(76-8)44(36)64)28-20-18-26(68-28)31(24-16-14-22(29)66-24)35-41(61)49(73-5)55(79-11)50(74-6)42(35)62/h13-20,65,68H,1-12H3. The molecule has 2 aliphatic rings. The predicted octanol–water partition coefficient (Wildman–Crippen LogP) is 17.5. The zero-order valence-corrected chi connectivity index (χ0v) is 57.1. The fourth-order valence-electron chi connectivity index (χ4n) is 9.84. The van der Waals surface area contributed by atoms with Gasteiger partial charge in [0.1, 0.15) is 0 Å². The SMILES string of the molecule is COc1c(Br)c(-c2c3nc(c(-c4c(Br)c(OC)c(OC)c(OC)c4Br)c4ccc([nH]4)c(-c4c(Br)c(OC)c(OC)c(OC)c4Br)c4nc(c(-c5c(Br)c(OC)c(OC)c(OC)c5Br)c5ccc2[nH]5)C=C4)C=C3)c(Br)c(OC)c1OC. The van der Waals surface area contributed by atoms with Gasteiger partial charge in [-0.05, 0) is 176 Å². The van der Waals surface area contributed by atoms with Crippen LogP contribution in [0, 0.1) is 0 Å². The van der Waals surface area contributed by atoms with E-state index >= 15 is 0 Å². The number of methoxy groups -OCH3 is 12. The molecule has 418 valence electrons. The number of hydrogen-bond donors (Lipinski definition) is 2. The van der Waals surface area contributed by atoms with E-state index in [0.29, 0.717) is 194 Å². The van der Waals surface area contributed by atoms with E-state index < -0.39 is 0 Å². The highest BCUT2D eigenvalue weighted by molar-refractivity contribution is 9.12. The summed E-state index contributed by atoms with van der Waals surface area (Å²) in [7, 11) is 18.7. The lowest BCUT2D eigenvalue weighted by atomic mass is 10.0. The molecule has 0 atom stereocenters. The van der Waals surface area contributed by atoms with Crippen molar-refractivity contribution < 1.29 is 56.8 Å². The molecular weight excluding hydrogens is 1560 g/mol. The molecule has 8 bridgehead atoms. The minimum Gasteiger partial charge on any atom is -0.492 e. The molecule has 5 heterocycles. The van der Waals surface area contributed by atoms with Crippen molar-refractivity contribution in [2.75, 3.05) is 85.3 Å². The summed E-state index contributed by atoms with van der Waals surface area (Å²) in [5.41, 5.74) is 9.53. The van der Waals surface area contributed by atoms with Gasteiger partial charge in [0.25, 0.3) is 0 Å². The first kappa shape index (κ1) is 59.5. The van der Waals surface area contributed by atoms with Gasteiger partial charge in [0.15, 0.2) is 46.0 Å². The van der Waals surface area contributed by atoms with Crippen molar-refractivity contribution in [1.82, 2.24) is 19.9 Å². The van der Waals surface area contributed by atoms with Crippen LogP contribution in [0.5, 0.6) is 69.0 Å². The Morgan fingerprint density at radius 1 is 0.237 bits per heavy atom. The van der Waals surface area contributed by atoms with E-state index in [1.165, 1.54) is 0 Å². The summed E-state index contributed by atoms with van der Waals surface area (Å²) in [4.78, 5) is 18.8. The third-order valence-corrected chi connectivity index (χ3v) is 19.3. The Morgan fingerprint density at radius 3 is 0.525 bits per heavy atom. The zero-order chi connectivity index (χ0) is 57.8. The molecule has 0 fully saturated rings. The number of halogens is 8. The first-order valence-corrected chi connectivity index (χ1v) is 29.7. The van der Waals surface area contributed by atoms with Gasteiger partial charge in [-0.3, -0.25) is 0 Å². The highest BCUT2D eigenvalue weighted by Gasteiger charge is 2.34. The van der Waals surface area contributed by atoms with Crippen LogP contribution in [0.2, 0.25) is 0 Å². The molecule has 0 radical (unpaired) electrons. The normalized spacial score (nSPS) is 11.7. The Labute approximate surface area is 527 Å². The van der Waals surface area contributed by atoms with Gasteiger partial charge in [0, 0.05) is 66.6 Å². The molecular formula is C56H46Br8N4O12. The highest BCUT2D eigenvalue weighted by atomic mass is 79.9. The number of rotatable bonds is 16. The summed E-state index contributed by atoms with van der Waals surface area (Å²) in [5, 5.41) is 0. The fourth-order valence-corrected chi connectivity index (χ4v) is 16.8. The van der Waals surface area contributed by atoms with Crippen LogP contribution in [0.25, 0.3) is 90.9 Å². The summed E-state index contributed by atoms with van der Waals surface area (Å²) in [6.07, 6.45) is 7.77. The van der Waals surface area contributed by atoms with Crippen molar-refractivity contribution in [3.8, 4) is 114 Å². The Balaban J connectivity index is 1.62. The van der Waals surface area contributed by atoms with Gasteiger partial charge in [0.2, 0.25) is 23.0 Å². The number of H-pyrrole nitrogens is 2. The van der Waals surface area contributed by atoms with Crippen LogP contribution < -0.4 is 56.8 Å². The van der Waals surface area contributed by atoms with E-state index in [9.17, 15) is 0 Å². The number of aromatic amines is 2. The summed E-state index contributed by atoms with van der Waals surface area (Å²) in [6.45, 7) is 0. The van der Waals surface area contributed by atoms with Gasteiger partial charge in [-0.25, -0.2) is 9.97 Å². The maximum atomic E-state index is 6.06. The Kier molecular flexibility index (Phi) is 18.2. The average molecular weight is 1610 g/mol. The summed E-state index contributed by atoms with van der Waals surface area (Å²) < 4.78 is 76.4. The van der Waals surface area contributed by atoms with Crippen LogP contribution in [0.15, 0.2) is 60.0 Å². The predicted molar refractivity (Wildman–Crippen MR) is 341 cm³/mol. The Hall–Kier alpha value is -5.08. The quantitative estimate of drug-likeness (QED) is 0.0937. The molecule has 0 spiro atoms. The van der Waals surface area contributed by atoms with E-state index in [-0.39, 0.29) is 0 Å². The van der Waals surface area contributed by atoms with Crippen LogP contribution in [0.4, 0.5) is 0 Å². The molecule has 0 unspecified atom stereocenters. The molecule has 3 aromatic heterocycles. The number of benzene rings is 4. The second kappa shape index (κ2) is 24.4. The molecule has 80 heavy (non-hydrogen) atoms.